The summed E-state index contributed by atoms with van der Waals surface area (Å²) in [5.74, 6) is 0. The maximum Gasteiger partial charge on any atom is 0.407 e. The van der Waals surface area contributed by atoms with Gasteiger partial charge in [-0.25, -0.2) is 9.59 Å². The molecule has 2 N–H and O–H groups in total. The highest BCUT2D eigenvalue weighted by molar-refractivity contribution is 6.35. The number of rotatable bonds is 2. The molecule has 3 heterocycles. The fourth-order valence-corrected chi connectivity index (χ4v) is 4.18. The molecular weight excluding hydrogens is 370 g/mol. The van der Waals surface area contributed by atoms with E-state index >= 15 is 0 Å². The molecule has 0 aliphatic carbocycles. The minimum Gasteiger partial charge on any atom is -0.441 e. The first-order valence-electron chi connectivity index (χ1n) is 9.07. The summed E-state index contributed by atoms with van der Waals surface area (Å²) in [5.41, 5.74) is 1.20. The van der Waals surface area contributed by atoms with Gasteiger partial charge in [0, 0.05) is 31.9 Å². The zero-order chi connectivity index (χ0) is 19.0. The number of aromatic nitrogens is 2. The predicted molar refractivity (Wildman–Crippen MR) is 101 cm³/mol. The van der Waals surface area contributed by atoms with E-state index in [1.807, 2.05) is 25.2 Å². The zero-order valence-electron chi connectivity index (χ0n) is 15.1. The minimum atomic E-state index is -0.475. The molecule has 3 amide bonds. The van der Waals surface area contributed by atoms with Crippen LogP contribution in [-0.4, -0.2) is 52.0 Å². The molecule has 9 heteroatoms. The average molecular weight is 392 g/mol. The molecule has 1 aromatic carbocycles. The van der Waals surface area contributed by atoms with E-state index in [1.165, 1.54) is 0 Å². The van der Waals surface area contributed by atoms with Gasteiger partial charge >= 0.3 is 12.1 Å². The van der Waals surface area contributed by atoms with Crippen LogP contribution >= 0.6 is 11.6 Å². The second-order valence-corrected chi connectivity index (χ2v) is 7.54. The minimum absolute atomic E-state index is 0.143. The van der Waals surface area contributed by atoms with Crippen LogP contribution in [0.1, 0.15) is 25.0 Å². The molecule has 2 aromatic rings. The van der Waals surface area contributed by atoms with Crippen molar-refractivity contribution in [1.29, 1.82) is 0 Å². The van der Waals surface area contributed by atoms with Gasteiger partial charge in [-0.05, 0) is 25.0 Å². The number of benzene rings is 1. The number of carbonyl (C=O) groups excluding carboxylic acids is 2. The summed E-state index contributed by atoms with van der Waals surface area (Å²) in [6.07, 6.45) is 1.82. The fraction of sp³-hybridized carbons (Fsp3) is 0.500. The Morgan fingerprint density at radius 1 is 1.41 bits per heavy atom. The lowest BCUT2D eigenvalue weighted by atomic mass is 9.95. The van der Waals surface area contributed by atoms with E-state index in [0.717, 1.165) is 29.4 Å². The number of urea groups is 1. The molecule has 2 fully saturated rings. The van der Waals surface area contributed by atoms with Crippen LogP contribution in [0.4, 0.5) is 9.59 Å². The first kappa shape index (κ1) is 17.9. The molecule has 4 rings (SSSR count). The number of nitrogens with one attached hydrogen (secondary N) is 2. The highest BCUT2D eigenvalue weighted by Gasteiger charge is 2.41. The maximum absolute atomic E-state index is 12.6. The van der Waals surface area contributed by atoms with Crippen LogP contribution in [0.5, 0.6) is 0 Å². The van der Waals surface area contributed by atoms with Gasteiger partial charge in [-0.15, -0.1) is 0 Å². The van der Waals surface area contributed by atoms with E-state index in [9.17, 15) is 9.59 Å². The Morgan fingerprint density at radius 2 is 2.26 bits per heavy atom. The maximum atomic E-state index is 12.6. The summed E-state index contributed by atoms with van der Waals surface area (Å²) in [6, 6.07) is 5.51. The lowest BCUT2D eigenvalue weighted by Gasteiger charge is -2.25. The third-order valence-corrected chi connectivity index (χ3v) is 5.67. The summed E-state index contributed by atoms with van der Waals surface area (Å²) in [5, 5.41) is 11.6. The largest absolute Gasteiger partial charge is 0.441 e. The Hall–Kier alpha value is -2.48. The SMILES string of the molecule is Cn1nc(CNC(=O)N2CCC[C@@]3(CC2)CNC(=O)O3)c2c(Cl)cccc21. The number of nitrogens with zero attached hydrogens (tertiary/aromatic N) is 3. The Morgan fingerprint density at radius 3 is 3.04 bits per heavy atom. The van der Waals surface area contributed by atoms with E-state index in [1.54, 1.807) is 9.58 Å². The van der Waals surface area contributed by atoms with Crippen LogP contribution in [-0.2, 0) is 18.3 Å². The van der Waals surface area contributed by atoms with Crippen molar-refractivity contribution in [3.8, 4) is 0 Å². The Labute approximate surface area is 161 Å². The number of alkyl carbamates (subject to hydrolysis) is 1. The lowest BCUT2D eigenvalue weighted by Crippen LogP contribution is -2.41. The fourth-order valence-electron chi connectivity index (χ4n) is 3.90. The van der Waals surface area contributed by atoms with Crippen molar-refractivity contribution in [3.05, 3.63) is 28.9 Å². The number of hydrogen-bond donors (Lipinski definition) is 2. The standard InChI is InChI=1S/C18H22ClN5O3/c1-23-14-5-2-4-12(19)15(14)13(22-23)10-20-16(25)24-8-3-6-18(7-9-24)11-21-17(26)27-18/h2,4-5H,3,6-11H2,1H3,(H,20,25)(H,21,26)/t18-/m1/s1. The number of ether oxygens (including phenoxy) is 1. The Bertz CT molecular complexity index is 898. The van der Waals surface area contributed by atoms with Gasteiger partial charge in [0.15, 0.2) is 0 Å². The number of hydrogen-bond acceptors (Lipinski definition) is 4. The van der Waals surface area contributed by atoms with Crippen LogP contribution in [0.15, 0.2) is 18.2 Å². The van der Waals surface area contributed by atoms with Gasteiger partial charge in [-0.1, -0.05) is 17.7 Å². The van der Waals surface area contributed by atoms with Crippen LogP contribution in [0.3, 0.4) is 0 Å². The predicted octanol–water partition coefficient (Wildman–Crippen LogP) is 2.40. The molecule has 0 saturated carbocycles. The smallest absolute Gasteiger partial charge is 0.407 e. The summed E-state index contributed by atoms with van der Waals surface area (Å²) < 4.78 is 7.22. The number of fused-ring (bicyclic) bond motifs is 1. The molecule has 0 radical (unpaired) electrons. The first-order valence-corrected chi connectivity index (χ1v) is 9.45. The highest BCUT2D eigenvalue weighted by atomic mass is 35.5. The molecule has 1 spiro atoms. The van der Waals surface area contributed by atoms with E-state index in [4.69, 9.17) is 16.3 Å². The summed E-state index contributed by atoms with van der Waals surface area (Å²) in [6.45, 7) is 2.00. The van der Waals surface area contributed by atoms with Crippen LogP contribution in [0.25, 0.3) is 10.9 Å². The molecule has 1 atom stereocenters. The van der Waals surface area contributed by atoms with Crippen LogP contribution in [0.2, 0.25) is 5.02 Å². The monoisotopic (exact) mass is 391 g/mol. The van der Waals surface area contributed by atoms with E-state index < -0.39 is 5.60 Å². The summed E-state index contributed by atoms with van der Waals surface area (Å²) in [4.78, 5) is 25.8. The molecule has 144 valence electrons. The van der Waals surface area contributed by atoms with Gasteiger partial charge in [0.1, 0.15) is 5.60 Å². The number of amides is 3. The van der Waals surface area contributed by atoms with Gasteiger partial charge in [0.25, 0.3) is 0 Å². The van der Waals surface area contributed by atoms with Crippen molar-refractivity contribution in [2.24, 2.45) is 7.05 Å². The van der Waals surface area contributed by atoms with Crippen LogP contribution < -0.4 is 10.6 Å². The topological polar surface area (TPSA) is 88.5 Å². The number of likely N-dealkylation sites (tertiary alicyclic amines) is 1. The highest BCUT2D eigenvalue weighted by Crippen LogP contribution is 2.29. The van der Waals surface area contributed by atoms with E-state index in [2.05, 4.69) is 15.7 Å². The van der Waals surface area contributed by atoms with E-state index in [0.29, 0.717) is 37.6 Å². The average Bonchev–Trinajstić information content (AvgIpc) is 3.08. The third-order valence-electron chi connectivity index (χ3n) is 5.36. The zero-order valence-corrected chi connectivity index (χ0v) is 15.9. The lowest BCUT2D eigenvalue weighted by molar-refractivity contribution is 0.0453. The molecule has 1 aromatic heterocycles. The second-order valence-electron chi connectivity index (χ2n) is 7.13. The molecule has 0 unspecified atom stereocenters. The molecule has 0 bridgehead atoms. The van der Waals surface area contributed by atoms with Crippen molar-refractivity contribution in [2.75, 3.05) is 19.6 Å². The van der Waals surface area contributed by atoms with Crippen molar-refractivity contribution in [3.63, 3.8) is 0 Å². The number of carbonyl (C=O) groups is 2. The van der Waals surface area contributed by atoms with Gasteiger partial charge in [-0.3, -0.25) is 4.68 Å². The molecular formula is C18H22ClN5O3. The Kier molecular flexibility index (Phi) is 4.59. The van der Waals surface area contributed by atoms with Gasteiger partial charge < -0.3 is 20.3 Å². The Balaban J connectivity index is 1.41. The number of aryl methyl sites for hydroxylation is 1. The molecule has 27 heavy (non-hydrogen) atoms. The van der Waals surface area contributed by atoms with E-state index in [-0.39, 0.29) is 12.1 Å². The van der Waals surface area contributed by atoms with Crippen molar-refractivity contribution < 1.29 is 14.3 Å². The van der Waals surface area contributed by atoms with Gasteiger partial charge in [0.2, 0.25) is 0 Å². The van der Waals surface area contributed by atoms with Gasteiger partial charge in [0.05, 0.1) is 29.3 Å². The normalized spacial score (nSPS) is 22.6. The van der Waals surface area contributed by atoms with Crippen molar-refractivity contribution in [1.82, 2.24) is 25.3 Å². The van der Waals surface area contributed by atoms with Crippen molar-refractivity contribution >= 4 is 34.6 Å². The first-order chi connectivity index (χ1) is 13.0. The van der Waals surface area contributed by atoms with Gasteiger partial charge in [-0.2, -0.15) is 5.10 Å². The summed E-state index contributed by atoms with van der Waals surface area (Å²) in [7, 11) is 1.86. The quantitative estimate of drug-likeness (QED) is 0.822. The van der Waals surface area contributed by atoms with Crippen LogP contribution in [0, 0.1) is 0 Å². The summed E-state index contributed by atoms with van der Waals surface area (Å²) >= 11 is 6.32. The third kappa shape index (κ3) is 3.41. The second kappa shape index (κ2) is 6.92. The molecule has 2 aliphatic heterocycles. The van der Waals surface area contributed by atoms with Crippen molar-refractivity contribution in [2.45, 2.75) is 31.4 Å². The molecule has 2 aliphatic rings. The molecule has 8 nitrogen and oxygen atoms in total. The number of halogens is 1. The molecule has 2 saturated heterocycles.